The van der Waals surface area contributed by atoms with E-state index in [1.54, 1.807) is 18.4 Å². The number of likely N-dealkylation sites (tertiary alicyclic amines) is 1. The summed E-state index contributed by atoms with van der Waals surface area (Å²) >= 11 is 1.78. The van der Waals surface area contributed by atoms with E-state index in [1.807, 2.05) is 32.4 Å². The molecule has 5 nitrogen and oxygen atoms in total. The summed E-state index contributed by atoms with van der Waals surface area (Å²) in [7, 11) is 5.78. The van der Waals surface area contributed by atoms with Gasteiger partial charge in [0.25, 0.3) is 0 Å². The summed E-state index contributed by atoms with van der Waals surface area (Å²) in [6, 6.07) is 8.68. The predicted octanol–water partition coefficient (Wildman–Crippen LogP) is 3.29. The van der Waals surface area contributed by atoms with Crippen LogP contribution in [-0.2, 0) is 6.54 Å². The van der Waals surface area contributed by atoms with Crippen molar-refractivity contribution < 1.29 is 4.74 Å². The van der Waals surface area contributed by atoms with Crippen molar-refractivity contribution in [1.82, 2.24) is 9.88 Å². The maximum absolute atomic E-state index is 5.22. The van der Waals surface area contributed by atoms with Crippen molar-refractivity contribution in [3.05, 3.63) is 35.3 Å². The molecule has 1 aromatic heterocycles. The fourth-order valence-corrected chi connectivity index (χ4v) is 3.91. The molecule has 1 fully saturated rings. The number of aromatic nitrogens is 1. The monoisotopic (exact) mass is 346 g/mol. The van der Waals surface area contributed by atoms with Crippen LogP contribution >= 0.6 is 11.3 Å². The molecule has 6 heteroatoms. The summed E-state index contributed by atoms with van der Waals surface area (Å²) in [5.74, 6) is 0.896. The van der Waals surface area contributed by atoms with Gasteiger partial charge >= 0.3 is 0 Å². The van der Waals surface area contributed by atoms with Gasteiger partial charge in [0.1, 0.15) is 5.75 Å². The summed E-state index contributed by atoms with van der Waals surface area (Å²) < 4.78 is 5.22. The number of nitrogens with zero attached hydrogens (tertiary/aromatic N) is 3. The Morgan fingerprint density at radius 3 is 2.79 bits per heavy atom. The molecule has 0 spiro atoms. The molecular formula is C18H26N4OS. The molecule has 1 unspecified atom stereocenters. The molecule has 1 saturated heterocycles. The first-order chi connectivity index (χ1) is 11.6. The average molecular weight is 347 g/mol. The highest BCUT2D eigenvalue weighted by Gasteiger charge is 2.20. The minimum atomic E-state index is 0.494. The van der Waals surface area contributed by atoms with Crippen molar-refractivity contribution in [2.45, 2.75) is 25.4 Å². The number of piperidine rings is 1. The van der Waals surface area contributed by atoms with Gasteiger partial charge < -0.3 is 15.0 Å². The lowest BCUT2D eigenvalue weighted by Crippen LogP contribution is -2.41. The Hall–Kier alpha value is -1.79. The Morgan fingerprint density at radius 1 is 1.33 bits per heavy atom. The molecule has 0 aliphatic carbocycles. The van der Waals surface area contributed by atoms with E-state index in [0.29, 0.717) is 6.04 Å². The van der Waals surface area contributed by atoms with Crippen molar-refractivity contribution in [3.8, 4) is 5.75 Å². The molecule has 2 heterocycles. The van der Waals surface area contributed by atoms with Gasteiger partial charge in [-0.1, -0.05) is 0 Å². The number of methoxy groups -OCH3 is 1. The zero-order chi connectivity index (χ0) is 16.9. The molecule has 130 valence electrons. The lowest BCUT2D eigenvalue weighted by Gasteiger charge is -2.33. The van der Waals surface area contributed by atoms with E-state index in [0.717, 1.165) is 36.2 Å². The summed E-state index contributed by atoms with van der Waals surface area (Å²) in [6.45, 7) is 3.23. The van der Waals surface area contributed by atoms with Gasteiger partial charge in [-0.2, -0.15) is 0 Å². The van der Waals surface area contributed by atoms with Crippen LogP contribution in [0, 0.1) is 0 Å². The number of nitrogens with one attached hydrogen (secondary N) is 1. The van der Waals surface area contributed by atoms with Crippen LogP contribution in [0.25, 0.3) is 0 Å². The second kappa shape index (κ2) is 7.85. The van der Waals surface area contributed by atoms with Gasteiger partial charge in [-0.15, -0.1) is 11.3 Å². The summed E-state index contributed by atoms with van der Waals surface area (Å²) in [5.41, 5.74) is 1.16. The van der Waals surface area contributed by atoms with Crippen LogP contribution in [-0.4, -0.2) is 50.2 Å². The first-order valence-corrected chi connectivity index (χ1v) is 9.20. The third-order valence-electron chi connectivity index (χ3n) is 4.27. The summed E-state index contributed by atoms with van der Waals surface area (Å²) in [4.78, 5) is 10.4. The Morgan fingerprint density at radius 2 is 2.12 bits per heavy atom. The van der Waals surface area contributed by atoms with E-state index in [4.69, 9.17) is 4.74 Å². The van der Waals surface area contributed by atoms with Gasteiger partial charge in [0, 0.05) is 50.0 Å². The number of ether oxygens (including phenoxy) is 1. The van der Waals surface area contributed by atoms with Gasteiger partial charge in [-0.05, 0) is 43.7 Å². The molecule has 3 rings (SSSR count). The van der Waals surface area contributed by atoms with Crippen LogP contribution < -0.4 is 15.0 Å². The van der Waals surface area contributed by atoms with Gasteiger partial charge in [0.05, 0.1) is 7.11 Å². The molecule has 0 saturated carbocycles. The molecular weight excluding hydrogens is 320 g/mol. The van der Waals surface area contributed by atoms with E-state index in [-0.39, 0.29) is 0 Å². The quantitative estimate of drug-likeness (QED) is 0.869. The number of hydrogen-bond acceptors (Lipinski definition) is 6. The van der Waals surface area contributed by atoms with E-state index in [9.17, 15) is 0 Å². The molecule has 0 amide bonds. The Bertz CT molecular complexity index is 641. The second-order valence-electron chi connectivity index (χ2n) is 6.45. The zero-order valence-electron chi connectivity index (χ0n) is 14.7. The van der Waals surface area contributed by atoms with Gasteiger partial charge in [0.2, 0.25) is 0 Å². The third-order valence-corrected chi connectivity index (χ3v) is 5.42. The summed E-state index contributed by atoms with van der Waals surface area (Å²) in [5, 5.41) is 4.73. The van der Waals surface area contributed by atoms with Crippen LogP contribution in [0.5, 0.6) is 5.75 Å². The van der Waals surface area contributed by atoms with E-state index in [1.165, 1.54) is 17.7 Å². The Kier molecular flexibility index (Phi) is 5.58. The smallest absolute Gasteiger partial charge is 0.185 e. The van der Waals surface area contributed by atoms with Crippen molar-refractivity contribution in [2.24, 2.45) is 0 Å². The minimum absolute atomic E-state index is 0.494. The third kappa shape index (κ3) is 4.39. The molecule has 1 aliphatic heterocycles. The molecule has 24 heavy (non-hydrogen) atoms. The van der Waals surface area contributed by atoms with Gasteiger partial charge in [-0.3, -0.25) is 4.90 Å². The number of hydrogen-bond donors (Lipinski definition) is 1. The van der Waals surface area contributed by atoms with Crippen LogP contribution in [0.4, 0.5) is 10.8 Å². The van der Waals surface area contributed by atoms with Gasteiger partial charge in [-0.25, -0.2) is 4.98 Å². The maximum atomic E-state index is 5.22. The highest BCUT2D eigenvalue weighted by Crippen LogP contribution is 2.24. The number of rotatable bonds is 6. The standard InChI is InChI=1S/C18H26N4OS/c1-21(2)18-19-11-17(24-18)13-22-10-4-5-15(12-22)20-14-6-8-16(23-3)9-7-14/h6-9,11,15,20H,4-5,10,12-13H2,1-3H3. The maximum Gasteiger partial charge on any atom is 0.185 e. The highest BCUT2D eigenvalue weighted by atomic mass is 32.1. The van der Waals surface area contributed by atoms with Crippen LogP contribution in [0.15, 0.2) is 30.5 Å². The molecule has 1 atom stereocenters. The van der Waals surface area contributed by atoms with Crippen molar-refractivity contribution >= 4 is 22.2 Å². The zero-order valence-corrected chi connectivity index (χ0v) is 15.5. The Balaban J connectivity index is 1.55. The van der Waals surface area contributed by atoms with Crippen molar-refractivity contribution in [1.29, 1.82) is 0 Å². The fourth-order valence-electron chi connectivity index (χ4n) is 3.04. The topological polar surface area (TPSA) is 40.6 Å². The molecule has 1 N–H and O–H groups in total. The molecule has 2 aromatic rings. The predicted molar refractivity (Wildman–Crippen MR) is 101 cm³/mol. The first-order valence-electron chi connectivity index (χ1n) is 8.39. The molecule has 0 bridgehead atoms. The van der Waals surface area contributed by atoms with E-state index >= 15 is 0 Å². The number of anilines is 2. The highest BCUT2D eigenvalue weighted by molar-refractivity contribution is 7.15. The first kappa shape index (κ1) is 17.0. The normalized spacial score (nSPS) is 18.4. The lowest BCUT2D eigenvalue weighted by molar-refractivity contribution is 0.210. The Labute approximate surface area is 148 Å². The van der Waals surface area contributed by atoms with Crippen LogP contribution in [0.1, 0.15) is 17.7 Å². The molecule has 1 aliphatic rings. The van der Waals surface area contributed by atoms with Crippen LogP contribution in [0.3, 0.4) is 0 Å². The van der Waals surface area contributed by atoms with Crippen molar-refractivity contribution in [3.63, 3.8) is 0 Å². The molecule has 0 radical (unpaired) electrons. The second-order valence-corrected chi connectivity index (χ2v) is 7.54. The number of benzene rings is 1. The van der Waals surface area contributed by atoms with E-state index in [2.05, 4.69) is 32.2 Å². The van der Waals surface area contributed by atoms with Crippen molar-refractivity contribution in [2.75, 3.05) is 44.5 Å². The summed E-state index contributed by atoms with van der Waals surface area (Å²) in [6.07, 6.45) is 4.46. The minimum Gasteiger partial charge on any atom is -0.497 e. The lowest BCUT2D eigenvalue weighted by atomic mass is 10.1. The SMILES string of the molecule is COc1ccc(NC2CCCN(Cc3cnc(N(C)C)s3)C2)cc1. The van der Waals surface area contributed by atoms with Gasteiger partial charge in [0.15, 0.2) is 5.13 Å². The molecule has 1 aromatic carbocycles. The average Bonchev–Trinajstić information content (AvgIpc) is 3.05. The largest absolute Gasteiger partial charge is 0.497 e. The fraction of sp³-hybridized carbons (Fsp3) is 0.500. The number of thiazole rings is 1. The van der Waals surface area contributed by atoms with Crippen LogP contribution in [0.2, 0.25) is 0 Å². The van der Waals surface area contributed by atoms with E-state index < -0.39 is 0 Å².